The van der Waals surface area contributed by atoms with Crippen LogP contribution in [0.4, 0.5) is 0 Å². The number of carbonyl (C=O) groups is 1. The lowest BCUT2D eigenvalue weighted by Crippen LogP contribution is -1.99. The van der Waals surface area contributed by atoms with Crippen LogP contribution in [0.5, 0.6) is 5.75 Å². The van der Waals surface area contributed by atoms with E-state index in [0.717, 1.165) is 19.2 Å². The topological polar surface area (TPSA) is 93.1 Å². The average molecular weight is 301 g/mol. The van der Waals surface area contributed by atoms with Crippen LogP contribution in [0.25, 0.3) is 0 Å². The van der Waals surface area contributed by atoms with Crippen molar-refractivity contribution in [2.24, 2.45) is 0 Å². The van der Waals surface area contributed by atoms with Gasteiger partial charge < -0.3 is 9.63 Å². The van der Waals surface area contributed by atoms with Crippen molar-refractivity contribution in [3.8, 4) is 5.75 Å². The standard InChI is InChI=1S/C8H7Cl2O6P/c1-15-17(13,14)16-7-5(9)2-4(8(11)12)3-6(7)10/h2-3H,1H3,(H,11,12)(H,13,14). The van der Waals surface area contributed by atoms with Gasteiger partial charge in [-0.2, -0.15) is 0 Å². The molecule has 9 heteroatoms. The van der Waals surface area contributed by atoms with Gasteiger partial charge in [0.25, 0.3) is 0 Å². The number of halogens is 2. The highest BCUT2D eigenvalue weighted by molar-refractivity contribution is 7.47. The molecular formula is C8H7Cl2O6P. The fraction of sp³-hybridized carbons (Fsp3) is 0.125. The molecule has 0 heterocycles. The Kier molecular flexibility index (Phi) is 4.41. The van der Waals surface area contributed by atoms with E-state index < -0.39 is 13.8 Å². The third-order valence-electron chi connectivity index (χ3n) is 1.68. The lowest BCUT2D eigenvalue weighted by molar-refractivity contribution is 0.0697. The van der Waals surface area contributed by atoms with E-state index in [1.54, 1.807) is 0 Å². The van der Waals surface area contributed by atoms with Crippen molar-refractivity contribution in [3.05, 3.63) is 27.7 Å². The van der Waals surface area contributed by atoms with E-state index in [2.05, 4.69) is 9.05 Å². The average Bonchev–Trinajstić information content (AvgIpc) is 2.23. The van der Waals surface area contributed by atoms with Gasteiger partial charge in [-0.15, -0.1) is 0 Å². The third kappa shape index (κ3) is 3.59. The highest BCUT2D eigenvalue weighted by Crippen LogP contribution is 2.47. The number of rotatable bonds is 4. The van der Waals surface area contributed by atoms with Gasteiger partial charge in [0.05, 0.1) is 15.6 Å². The minimum atomic E-state index is -4.30. The van der Waals surface area contributed by atoms with Gasteiger partial charge in [-0.25, -0.2) is 9.36 Å². The van der Waals surface area contributed by atoms with E-state index in [1.807, 2.05) is 0 Å². The van der Waals surface area contributed by atoms with Gasteiger partial charge in [0.1, 0.15) is 0 Å². The van der Waals surface area contributed by atoms with Crippen LogP contribution in [-0.2, 0) is 9.09 Å². The molecule has 0 saturated carbocycles. The van der Waals surface area contributed by atoms with Crippen LogP contribution in [0, 0.1) is 0 Å². The quantitative estimate of drug-likeness (QED) is 0.831. The summed E-state index contributed by atoms with van der Waals surface area (Å²) in [6, 6.07) is 2.08. The smallest absolute Gasteiger partial charge is 0.478 e. The molecule has 6 nitrogen and oxygen atoms in total. The van der Waals surface area contributed by atoms with E-state index in [4.69, 9.17) is 33.2 Å². The summed E-state index contributed by atoms with van der Waals surface area (Å²) in [4.78, 5) is 19.8. The second-order valence-corrected chi connectivity index (χ2v) is 5.12. The predicted molar refractivity (Wildman–Crippen MR) is 60.9 cm³/mol. The summed E-state index contributed by atoms with van der Waals surface area (Å²) in [5.74, 6) is -1.55. The first-order chi connectivity index (χ1) is 7.76. The number of phosphoric acid groups is 1. The molecule has 0 aliphatic heterocycles. The van der Waals surface area contributed by atoms with Gasteiger partial charge in [-0.3, -0.25) is 9.42 Å². The summed E-state index contributed by atoms with van der Waals surface area (Å²) in [5.41, 5.74) is -0.169. The Bertz CT molecular complexity index is 480. The largest absolute Gasteiger partial charge is 0.527 e. The molecule has 0 fully saturated rings. The van der Waals surface area contributed by atoms with Crippen molar-refractivity contribution >= 4 is 37.0 Å². The number of carboxylic acids is 1. The minimum absolute atomic E-state index is 0.169. The Morgan fingerprint density at radius 1 is 1.35 bits per heavy atom. The molecule has 94 valence electrons. The summed E-state index contributed by atoms with van der Waals surface area (Å²) >= 11 is 11.4. The molecule has 1 unspecified atom stereocenters. The number of hydrogen-bond acceptors (Lipinski definition) is 4. The molecule has 1 aromatic rings. The number of aromatic carboxylic acids is 1. The lowest BCUT2D eigenvalue weighted by atomic mass is 10.2. The second-order valence-electron chi connectivity index (χ2n) is 2.82. The van der Waals surface area contributed by atoms with Crippen molar-refractivity contribution in [2.45, 2.75) is 0 Å². The maximum absolute atomic E-state index is 11.2. The van der Waals surface area contributed by atoms with Gasteiger partial charge in [-0.1, -0.05) is 23.2 Å². The fourth-order valence-corrected chi connectivity index (χ4v) is 2.10. The van der Waals surface area contributed by atoms with Crippen LogP contribution in [0.15, 0.2) is 12.1 Å². The zero-order valence-electron chi connectivity index (χ0n) is 8.39. The molecule has 17 heavy (non-hydrogen) atoms. The first kappa shape index (κ1) is 14.3. The van der Waals surface area contributed by atoms with Gasteiger partial charge in [0.15, 0.2) is 5.75 Å². The summed E-state index contributed by atoms with van der Waals surface area (Å²) in [7, 11) is -3.34. The molecule has 0 aromatic heterocycles. The van der Waals surface area contributed by atoms with Crippen molar-refractivity contribution < 1.29 is 28.4 Å². The first-order valence-electron chi connectivity index (χ1n) is 4.07. The van der Waals surface area contributed by atoms with Crippen LogP contribution in [0.3, 0.4) is 0 Å². The Hall–Kier alpha value is -0.780. The van der Waals surface area contributed by atoms with E-state index >= 15 is 0 Å². The van der Waals surface area contributed by atoms with Crippen LogP contribution in [-0.4, -0.2) is 23.1 Å². The maximum atomic E-state index is 11.2. The molecule has 0 radical (unpaired) electrons. The summed E-state index contributed by atoms with van der Waals surface area (Å²) < 4.78 is 19.9. The van der Waals surface area contributed by atoms with E-state index in [0.29, 0.717) is 0 Å². The van der Waals surface area contributed by atoms with E-state index in [1.165, 1.54) is 0 Å². The van der Waals surface area contributed by atoms with Crippen LogP contribution >= 0.6 is 31.0 Å². The van der Waals surface area contributed by atoms with Gasteiger partial charge in [0.2, 0.25) is 0 Å². The Morgan fingerprint density at radius 3 is 2.18 bits per heavy atom. The Morgan fingerprint density at radius 2 is 1.82 bits per heavy atom. The monoisotopic (exact) mass is 300 g/mol. The molecule has 0 aliphatic carbocycles. The van der Waals surface area contributed by atoms with E-state index in [9.17, 15) is 9.36 Å². The highest BCUT2D eigenvalue weighted by atomic mass is 35.5. The number of phosphoric ester groups is 1. The van der Waals surface area contributed by atoms with Crippen LogP contribution in [0.1, 0.15) is 10.4 Å². The van der Waals surface area contributed by atoms with Gasteiger partial charge in [-0.05, 0) is 12.1 Å². The molecular weight excluding hydrogens is 294 g/mol. The predicted octanol–water partition coefficient (Wildman–Crippen LogP) is 2.82. The molecule has 0 spiro atoms. The third-order valence-corrected chi connectivity index (χ3v) is 3.12. The Balaban J connectivity index is 3.19. The molecule has 1 aromatic carbocycles. The maximum Gasteiger partial charge on any atom is 0.527 e. The van der Waals surface area contributed by atoms with Gasteiger partial charge in [0, 0.05) is 7.11 Å². The fourth-order valence-electron chi connectivity index (χ4n) is 0.923. The molecule has 0 aliphatic rings. The van der Waals surface area contributed by atoms with E-state index in [-0.39, 0.29) is 21.4 Å². The van der Waals surface area contributed by atoms with Crippen molar-refractivity contribution in [2.75, 3.05) is 7.11 Å². The SMILES string of the molecule is COP(=O)(O)Oc1c(Cl)cc(C(=O)O)cc1Cl. The Labute approximate surface area is 106 Å². The first-order valence-corrected chi connectivity index (χ1v) is 6.32. The van der Waals surface area contributed by atoms with Crippen LogP contribution < -0.4 is 4.52 Å². The van der Waals surface area contributed by atoms with Crippen molar-refractivity contribution in [3.63, 3.8) is 0 Å². The zero-order chi connectivity index (χ0) is 13.2. The van der Waals surface area contributed by atoms with Crippen molar-refractivity contribution in [1.29, 1.82) is 0 Å². The summed E-state index contributed by atoms with van der Waals surface area (Å²) in [6.07, 6.45) is 0. The second kappa shape index (κ2) is 5.25. The molecule has 1 rings (SSSR count). The van der Waals surface area contributed by atoms with Crippen molar-refractivity contribution in [1.82, 2.24) is 0 Å². The lowest BCUT2D eigenvalue weighted by Gasteiger charge is -2.13. The van der Waals surface area contributed by atoms with Gasteiger partial charge >= 0.3 is 13.8 Å². The summed E-state index contributed by atoms with van der Waals surface area (Å²) in [6.45, 7) is 0. The number of hydrogen-bond donors (Lipinski definition) is 2. The molecule has 1 atom stereocenters. The summed E-state index contributed by atoms with van der Waals surface area (Å²) in [5, 5.41) is 8.30. The molecule has 0 saturated heterocycles. The minimum Gasteiger partial charge on any atom is -0.478 e. The molecule has 0 amide bonds. The highest BCUT2D eigenvalue weighted by Gasteiger charge is 2.24. The molecule has 0 bridgehead atoms. The van der Waals surface area contributed by atoms with Crippen LogP contribution in [0.2, 0.25) is 10.0 Å². The number of benzene rings is 1. The molecule has 2 N–H and O–H groups in total. The number of carboxylic acid groups (broad SMARTS) is 1. The zero-order valence-corrected chi connectivity index (χ0v) is 10.8. The normalized spacial score (nSPS) is 14.1.